The number of benzene rings is 1. The van der Waals surface area contributed by atoms with E-state index in [1.54, 1.807) is 7.11 Å². The minimum absolute atomic E-state index is 0.00219. The predicted molar refractivity (Wildman–Crippen MR) is 75.2 cm³/mol. The first-order valence-electron chi connectivity index (χ1n) is 6.75. The summed E-state index contributed by atoms with van der Waals surface area (Å²) >= 11 is 0. The van der Waals surface area contributed by atoms with Crippen molar-refractivity contribution in [2.45, 2.75) is 38.3 Å². The normalized spacial score (nSPS) is 23.9. The van der Waals surface area contributed by atoms with Crippen LogP contribution in [0.15, 0.2) is 24.3 Å². The fraction of sp³-hybridized carbons (Fsp3) is 0.533. The molecule has 1 aliphatic heterocycles. The number of hydrogen-bond donors (Lipinski definition) is 2. The van der Waals surface area contributed by atoms with Crippen LogP contribution in [0.1, 0.15) is 38.3 Å². The largest absolute Gasteiger partial charge is 0.497 e. The molecule has 0 spiro atoms. The Morgan fingerprint density at radius 3 is 2.63 bits per heavy atom. The molecule has 4 nitrogen and oxygen atoms in total. The molecular formula is C15H22N2O2. The number of amides is 1. The standard InChI is InChI=1S/C15H22N2O2/c1-11(12-5-7-13(19-3)8-6-12)17-14(18)15(2)9-4-10-16-15/h5-8,11,16H,4,9-10H2,1-3H3,(H,17,18)/t11-,15?/m1/s1. The van der Waals surface area contributed by atoms with Gasteiger partial charge in [0, 0.05) is 0 Å². The summed E-state index contributed by atoms with van der Waals surface area (Å²) in [5.74, 6) is 0.903. The van der Waals surface area contributed by atoms with E-state index in [1.165, 1.54) is 0 Å². The molecule has 19 heavy (non-hydrogen) atoms. The third-order valence-corrected chi connectivity index (χ3v) is 3.83. The minimum Gasteiger partial charge on any atom is -0.497 e. The number of carbonyl (C=O) groups excluding carboxylic acids is 1. The molecule has 1 unspecified atom stereocenters. The molecule has 2 N–H and O–H groups in total. The predicted octanol–water partition coefficient (Wildman–Crippen LogP) is 2.01. The first-order valence-corrected chi connectivity index (χ1v) is 6.75. The fourth-order valence-corrected chi connectivity index (χ4v) is 2.42. The summed E-state index contributed by atoms with van der Waals surface area (Å²) in [4.78, 5) is 12.3. The summed E-state index contributed by atoms with van der Waals surface area (Å²) < 4.78 is 5.13. The van der Waals surface area contributed by atoms with Gasteiger partial charge in [0.15, 0.2) is 0 Å². The third kappa shape index (κ3) is 3.07. The Hall–Kier alpha value is -1.55. The van der Waals surface area contributed by atoms with Gasteiger partial charge in [0.1, 0.15) is 5.75 Å². The van der Waals surface area contributed by atoms with Gasteiger partial charge in [-0.25, -0.2) is 0 Å². The Labute approximate surface area is 114 Å². The van der Waals surface area contributed by atoms with E-state index in [2.05, 4.69) is 10.6 Å². The lowest BCUT2D eigenvalue weighted by atomic mass is 9.98. The number of hydrogen-bond acceptors (Lipinski definition) is 3. The van der Waals surface area contributed by atoms with Crippen LogP contribution < -0.4 is 15.4 Å². The van der Waals surface area contributed by atoms with Gasteiger partial charge in [-0.15, -0.1) is 0 Å². The molecule has 2 atom stereocenters. The van der Waals surface area contributed by atoms with Crippen molar-refractivity contribution in [1.82, 2.24) is 10.6 Å². The van der Waals surface area contributed by atoms with Crippen molar-refractivity contribution in [3.8, 4) is 5.75 Å². The smallest absolute Gasteiger partial charge is 0.240 e. The van der Waals surface area contributed by atoms with Crippen molar-refractivity contribution in [1.29, 1.82) is 0 Å². The molecule has 0 radical (unpaired) electrons. The molecule has 0 aromatic heterocycles. The van der Waals surface area contributed by atoms with E-state index in [9.17, 15) is 4.79 Å². The van der Waals surface area contributed by atoms with Crippen LogP contribution in [0.2, 0.25) is 0 Å². The number of carbonyl (C=O) groups is 1. The van der Waals surface area contributed by atoms with Crippen molar-refractivity contribution in [2.24, 2.45) is 0 Å². The molecule has 1 saturated heterocycles. The van der Waals surface area contributed by atoms with Gasteiger partial charge in [0.2, 0.25) is 5.91 Å². The molecule has 0 bridgehead atoms. The molecule has 2 rings (SSSR count). The lowest BCUT2D eigenvalue weighted by Gasteiger charge is -2.26. The highest BCUT2D eigenvalue weighted by Crippen LogP contribution is 2.22. The SMILES string of the molecule is COc1ccc([C@@H](C)NC(=O)C2(C)CCCN2)cc1. The highest BCUT2D eigenvalue weighted by molar-refractivity contribution is 5.86. The molecule has 104 valence electrons. The highest BCUT2D eigenvalue weighted by Gasteiger charge is 2.36. The first-order chi connectivity index (χ1) is 9.05. The molecule has 0 aliphatic carbocycles. The van der Waals surface area contributed by atoms with Gasteiger partial charge in [-0.3, -0.25) is 4.79 Å². The second-order valence-electron chi connectivity index (χ2n) is 5.33. The second kappa shape index (κ2) is 5.61. The molecule has 4 heteroatoms. The molecule has 1 aromatic rings. The van der Waals surface area contributed by atoms with E-state index < -0.39 is 5.54 Å². The van der Waals surface area contributed by atoms with Gasteiger partial charge in [0.05, 0.1) is 18.7 Å². The van der Waals surface area contributed by atoms with Gasteiger partial charge in [-0.05, 0) is 50.9 Å². The summed E-state index contributed by atoms with van der Waals surface area (Å²) in [6.07, 6.45) is 1.95. The summed E-state index contributed by atoms with van der Waals surface area (Å²) in [5.41, 5.74) is 0.663. The highest BCUT2D eigenvalue weighted by atomic mass is 16.5. The topological polar surface area (TPSA) is 50.4 Å². The Morgan fingerprint density at radius 2 is 2.11 bits per heavy atom. The monoisotopic (exact) mass is 262 g/mol. The number of ether oxygens (including phenoxy) is 1. The molecule has 1 aromatic carbocycles. The van der Waals surface area contributed by atoms with Gasteiger partial charge >= 0.3 is 0 Å². The Kier molecular flexibility index (Phi) is 4.10. The number of methoxy groups -OCH3 is 1. The maximum atomic E-state index is 12.3. The zero-order chi connectivity index (χ0) is 13.9. The van der Waals surface area contributed by atoms with Gasteiger partial charge < -0.3 is 15.4 Å². The number of nitrogens with one attached hydrogen (secondary N) is 2. The molecule has 1 aliphatic rings. The van der Waals surface area contributed by atoms with Crippen LogP contribution >= 0.6 is 0 Å². The van der Waals surface area contributed by atoms with Crippen molar-refractivity contribution >= 4 is 5.91 Å². The molecule has 1 fully saturated rings. The van der Waals surface area contributed by atoms with Crippen molar-refractivity contribution in [3.05, 3.63) is 29.8 Å². The van der Waals surface area contributed by atoms with E-state index >= 15 is 0 Å². The van der Waals surface area contributed by atoms with Crippen LogP contribution in [-0.4, -0.2) is 25.1 Å². The zero-order valence-electron chi connectivity index (χ0n) is 11.8. The van der Waals surface area contributed by atoms with E-state index in [0.29, 0.717) is 0 Å². The lowest BCUT2D eigenvalue weighted by Crippen LogP contribution is -2.51. The molecule has 0 saturated carbocycles. The third-order valence-electron chi connectivity index (χ3n) is 3.83. The van der Waals surface area contributed by atoms with Gasteiger partial charge in [0.25, 0.3) is 0 Å². The number of rotatable bonds is 4. The Balaban J connectivity index is 1.99. The van der Waals surface area contributed by atoms with Crippen LogP contribution in [0, 0.1) is 0 Å². The van der Waals surface area contributed by atoms with Crippen molar-refractivity contribution in [2.75, 3.05) is 13.7 Å². The van der Waals surface area contributed by atoms with E-state index in [4.69, 9.17) is 4.74 Å². The summed E-state index contributed by atoms with van der Waals surface area (Å²) in [6, 6.07) is 7.78. The summed E-state index contributed by atoms with van der Waals surface area (Å²) in [7, 11) is 1.65. The van der Waals surface area contributed by atoms with Crippen LogP contribution in [0.3, 0.4) is 0 Å². The van der Waals surface area contributed by atoms with E-state index in [1.807, 2.05) is 38.1 Å². The van der Waals surface area contributed by atoms with Crippen LogP contribution in [0.5, 0.6) is 5.75 Å². The fourth-order valence-electron chi connectivity index (χ4n) is 2.42. The maximum absolute atomic E-state index is 12.3. The average Bonchev–Trinajstić information content (AvgIpc) is 2.87. The first kappa shape index (κ1) is 13.9. The van der Waals surface area contributed by atoms with Crippen LogP contribution in [0.25, 0.3) is 0 Å². The van der Waals surface area contributed by atoms with Crippen LogP contribution in [0.4, 0.5) is 0 Å². The lowest BCUT2D eigenvalue weighted by molar-refractivity contribution is -0.127. The minimum atomic E-state index is -0.416. The zero-order valence-corrected chi connectivity index (χ0v) is 11.8. The van der Waals surface area contributed by atoms with Gasteiger partial charge in [-0.2, -0.15) is 0 Å². The average molecular weight is 262 g/mol. The molecular weight excluding hydrogens is 240 g/mol. The quantitative estimate of drug-likeness (QED) is 0.872. The molecule has 1 heterocycles. The summed E-state index contributed by atoms with van der Waals surface area (Å²) in [5, 5.41) is 6.35. The molecule has 1 amide bonds. The van der Waals surface area contributed by atoms with E-state index in [0.717, 1.165) is 30.7 Å². The van der Waals surface area contributed by atoms with Crippen LogP contribution in [-0.2, 0) is 4.79 Å². The summed E-state index contributed by atoms with van der Waals surface area (Å²) in [6.45, 7) is 4.88. The van der Waals surface area contributed by atoms with Crippen molar-refractivity contribution < 1.29 is 9.53 Å². The Bertz CT molecular complexity index is 436. The Morgan fingerprint density at radius 1 is 1.42 bits per heavy atom. The van der Waals surface area contributed by atoms with Crippen molar-refractivity contribution in [3.63, 3.8) is 0 Å². The second-order valence-corrected chi connectivity index (χ2v) is 5.33. The maximum Gasteiger partial charge on any atom is 0.240 e. The van der Waals surface area contributed by atoms with E-state index in [-0.39, 0.29) is 11.9 Å². The van der Waals surface area contributed by atoms with Gasteiger partial charge in [-0.1, -0.05) is 12.1 Å².